The largest absolute Gasteiger partial charge is 1.00 e. The summed E-state index contributed by atoms with van der Waals surface area (Å²) < 4.78 is 0. The van der Waals surface area contributed by atoms with Crippen molar-refractivity contribution in [3.8, 4) is 0 Å². The molecule has 1 heterocycles. The molecule has 0 spiro atoms. The zero-order valence-electron chi connectivity index (χ0n) is 10.0. The van der Waals surface area contributed by atoms with Gasteiger partial charge >= 0.3 is 29.6 Å². The molecule has 84 valence electrons. The first-order valence-electron chi connectivity index (χ1n) is 4.88. The van der Waals surface area contributed by atoms with Crippen molar-refractivity contribution in [1.82, 2.24) is 10.6 Å². The first-order valence-corrected chi connectivity index (χ1v) is 4.88. The third kappa shape index (κ3) is 3.68. The molecule has 1 unspecified atom stereocenters. The molecule has 5 nitrogen and oxygen atoms in total. The molecule has 2 N–H and O–H groups in total. The summed E-state index contributed by atoms with van der Waals surface area (Å²) in [7, 11) is 3.54. The van der Waals surface area contributed by atoms with E-state index in [9.17, 15) is 9.90 Å². The second-order valence-corrected chi connectivity index (χ2v) is 3.65. The summed E-state index contributed by atoms with van der Waals surface area (Å²) in [6.45, 7) is 1.23. The van der Waals surface area contributed by atoms with Gasteiger partial charge in [0.05, 0.1) is 17.9 Å². The second-order valence-electron chi connectivity index (χ2n) is 3.65. The van der Waals surface area contributed by atoms with Gasteiger partial charge in [0.25, 0.3) is 0 Å². The molecule has 6 heteroatoms. The van der Waals surface area contributed by atoms with Gasteiger partial charge < -0.3 is 20.5 Å². The predicted molar refractivity (Wildman–Crippen MR) is 56.7 cm³/mol. The van der Waals surface area contributed by atoms with Crippen LogP contribution in [0, 0.1) is 5.41 Å². The summed E-state index contributed by atoms with van der Waals surface area (Å²) in [6.07, 6.45) is 3.41. The van der Waals surface area contributed by atoms with Gasteiger partial charge in [0.1, 0.15) is 0 Å². The van der Waals surface area contributed by atoms with Crippen LogP contribution >= 0.6 is 0 Å². The molecule has 1 atom stereocenters. The van der Waals surface area contributed by atoms with Gasteiger partial charge in [-0.2, -0.15) is 0 Å². The number of carbonyl (C=O) groups is 1. The summed E-state index contributed by atoms with van der Waals surface area (Å²) in [5.41, 5.74) is -0.128. The van der Waals surface area contributed by atoms with E-state index in [2.05, 4.69) is 15.6 Å². The number of nitrogens with one attached hydrogen (secondary N) is 2. The van der Waals surface area contributed by atoms with Crippen LogP contribution in [-0.2, 0) is 4.79 Å². The predicted octanol–water partition coefficient (Wildman–Crippen LogP) is -4.82. The number of carboxylic acid groups (broad SMARTS) is 1. The third-order valence-corrected chi connectivity index (χ3v) is 2.42. The van der Waals surface area contributed by atoms with Crippen molar-refractivity contribution in [3.05, 3.63) is 12.2 Å². The van der Waals surface area contributed by atoms with Crippen molar-refractivity contribution in [2.75, 3.05) is 33.7 Å². The minimum Gasteiger partial charge on any atom is -0.549 e. The van der Waals surface area contributed by atoms with Gasteiger partial charge in [-0.15, -0.1) is 0 Å². The van der Waals surface area contributed by atoms with Crippen molar-refractivity contribution < 1.29 is 39.5 Å². The van der Waals surface area contributed by atoms with Gasteiger partial charge in [0.15, 0.2) is 0 Å². The number of dihydropyridines is 1. The molecule has 0 aromatic carbocycles. The Hall–Kier alpha value is -0.200. The molecule has 0 saturated heterocycles. The van der Waals surface area contributed by atoms with Crippen molar-refractivity contribution >= 4 is 11.7 Å². The maximum Gasteiger partial charge on any atom is 1.00 e. The van der Waals surface area contributed by atoms with Crippen LogP contribution in [0.25, 0.3) is 0 Å². The number of hydrogen-bond donors (Lipinski definition) is 2. The van der Waals surface area contributed by atoms with Gasteiger partial charge in [-0.1, -0.05) is 6.08 Å². The Morgan fingerprint density at radius 2 is 2.25 bits per heavy atom. The number of rotatable bonds is 5. The van der Waals surface area contributed by atoms with Crippen LogP contribution < -0.4 is 45.3 Å². The van der Waals surface area contributed by atoms with Crippen molar-refractivity contribution in [3.63, 3.8) is 0 Å². The smallest absolute Gasteiger partial charge is 0.549 e. The molecule has 0 saturated carbocycles. The molecule has 0 aliphatic carbocycles. The minimum atomic E-state index is -1.08. The number of carbonyl (C=O) groups excluding carboxylic acids is 1. The number of aliphatic carboxylic acids is 1. The first kappa shape index (κ1) is 15.8. The number of nitrogens with zero attached hydrogens (tertiary/aromatic N) is 1. The fourth-order valence-electron chi connectivity index (χ4n) is 1.53. The van der Waals surface area contributed by atoms with Crippen LogP contribution in [0.15, 0.2) is 17.1 Å². The Balaban J connectivity index is 0.00000225. The zero-order valence-corrected chi connectivity index (χ0v) is 12.0. The monoisotopic (exact) mass is 233 g/mol. The second kappa shape index (κ2) is 7.19. The van der Waals surface area contributed by atoms with E-state index in [-0.39, 0.29) is 36.1 Å². The van der Waals surface area contributed by atoms with Gasteiger partial charge in [-0.3, -0.25) is 4.99 Å². The van der Waals surface area contributed by atoms with Crippen LogP contribution in [0.5, 0.6) is 0 Å². The number of hydrogen-bond acceptors (Lipinski definition) is 5. The average Bonchev–Trinajstić information content (AvgIpc) is 2.21. The fourth-order valence-corrected chi connectivity index (χ4v) is 1.53. The van der Waals surface area contributed by atoms with Crippen LogP contribution in [0.4, 0.5) is 0 Å². The summed E-state index contributed by atoms with van der Waals surface area (Å²) in [5.74, 6) is -1.08. The normalized spacial score (nSPS) is 23.5. The van der Waals surface area contributed by atoms with E-state index < -0.39 is 11.4 Å². The average molecular weight is 233 g/mol. The van der Waals surface area contributed by atoms with Gasteiger partial charge in [0.2, 0.25) is 0 Å². The first-order chi connectivity index (χ1) is 7.14. The fraction of sp³-hybridized carbons (Fsp3) is 0.600. The van der Waals surface area contributed by atoms with E-state index in [0.29, 0.717) is 13.1 Å². The van der Waals surface area contributed by atoms with Crippen LogP contribution in [0.2, 0.25) is 0 Å². The zero-order chi connectivity index (χ0) is 11.3. The molecule has 1 aliphatic heterocycles. The van der Waals surface area contributed by atoms with Crippen LogP contribution in [0.1, 0.15) is 0 Å². The van der Waals surface area contributed by atoms with Gasteiger partial charge in [-0.05, 0) is 20.2 Å². The molecule has 16 heavy (non-hydrogen) atoms. The minimum absolute atomic E-state index is 0. The molecule has 0 aromatic rings. The SMILES string of the molecule is CNCC1=NCC(CNC)(C(=O)[O-])C=C1.[Na+]. The maximum atomic E-state index is 11.0. The Morgan fingerprint density at radius 1 is 1.56 bits per heavy atom. The molecular weight excluding hydrogens is 217 g/mol. The number of carboxylic acids is 1. The van der Waals surface area contributed by atoms with Gasteiger partial charge in [-0.25, -0.2) is 0 Å². The van der Waals surface area contributed by atoms with E-state index >= 15 is 0 Å². The summed E-state index contributed by atoms with van der Waals surface area (Å²) >= 11 is 0. The third-order valence-electron chi connectivity index (χ3n) is 2.42. The topological polar surface area (TPSA) is 76.5 Å². The van der Waals surface area contributed by atoms with E-state index in [0.717, 1.165) is 5.71 Å². The quantitative estimate of drug-likeness (QED) is 0.467. The molecule has 0 amide bonds. The Labute approximate surface area is 118 Å². The molecule has 0 radical (unpaired) electrons. The van der Waals surface area contributed by atoms with Crippen LogP contribution in [0.3, 0.4) is 0 Å². The van der Waals surface area contributed by atoms with Crippen LogP contribution in [-0.4, -0.2) is 45.4 Å². The summed E-state index contributed by atoms with van der Waals surface area (Å²) in [4.78, 5) is 15.3. The standard InChI is InChI=1S/C10H17N3O2.Na/c1-11-5-8-3-4-10(6-12-2,7-13-8)9(14)15;/h3-4,11-12H,5-7H2,1-2H3,(H,14,15);/q;+1/p-1. The maximum absolute atomic E-state index is 11.0. The molecule has 0 bridgehead atoms. The Morgan fingerprint density at radius 3 is 2.62 bits per heavy atom. The van der Waals surface area contributed by atoms with Crippen molar-refractivity contribution in [2.24, 2.45) is 10.4 Å². The van der Waals surface area contributed by atoms with Crippen molar-refractivity contribution in [2.45, 2.75) is 0 Å². The molecule has 1 rings (SSSR count). The van der Waals surface area contributed by atoms with Gasteiger partial charge in [0, 0.05) is 18.8 Å². The summed E-state index contributed by atoms with van der Waals surface area (Å²) in [6, 6.07) is 0. The molecule has 0 aromatic heterocycles. The summed E-state index contributed by atoms with van der Waals surface area (Å²) in [5, 5.41) is 16.9. The van der Waals surface area contributed by atoms with E-state index in [4.69, 9.17) is 0 Å². The molecule has 0 fully saturated rings. The molecule has 1 aliphatic rings. The Kier molecular flexibility index (Phi) is 7.10. The van der Waals surface area contributed by atoms with E-state index in [1.165, 1.54) is 0 Å². The van der Waals surface area contributed by atoms with E-state index in [1.807, 2.05) is 7.05 Å². The van der Waals surface area contributed by atoms with Crippen molar-refractivity contribution in [1.29, 1.82) is 0 Å². The van der Waals surface area contributed by atoms with E-state index in [1.54, 1.807) is 19.2 Å². The number of aliphatic imine (C=N–C) groups is 1. The molecular formula is C10H16N3NaO2. The Bertz CT molecular complexity index is 304.